The lowest BCUT2D eigenvalue weighted by Crippen LogP contribution is -2.46. The van der Waals surface area contributed by atoms with Crippen molar-refractivity contribution in [3.63, 3.8) is 0 Å². The molecular weight excluding hydrogens is 242 g/mol. The van der Waals surface area contributed by atoms with E-state index in [0.717, 1.165) is 37.4 Å². The van der Waals surface area contributed by atoms with Crippen LogP contribution in [-0.2, 0) is 11.3 Å². The number of oxazole rings is 1. The summed E-state index contributed by atoms with van der Waals surface area (Å²) in [6.45, 7) is 8.00. The molecule has 1 atom stereocenters. The summed E-state index contributed by atoms with van der Waals surface area (Å²) >= 11 is 0. The molecule has 1 aliphatic rings. The van der Waals surface area contributed by atoms with Crippen LogP contribution in [0.4, 0.5) is 0 Å². The number of hydrogen-bond donors (Lipinski definition) is 1. The highest BCUT2D eigenvalue weighted by Crippen LogP contribution is 2.11. The summed E-state index contributed by atoms with van der Waals surface area (Å²) in [7, 11) is 0. The topological polar surface area (TPSA) is 58.4 Å². The molecule has 0 aliphatic carbocycles. The Balaban J connectivity index is 1.83. The molecule has 1 aromatic heterocycles. The van der Waals surface area contributed by atoms with Gasteiger partial charge in [-0.1, -0.05) is 0 Å². The van der Waals surface area contributed by atoms with Crippen LogP contribution in [-0.4, -0.2) is 34.9 Å². The largest absolute Gasteiger partial charge is 0.444 e. The number of hydrogen-bond acceptors (Lipinski definition) is 4. The van der Waals surface area contributed by atoms with Gasteiger partial charge in [-0.2, -0.15) is 0 Å². The summed E-state index contributed by atoms with van der Waals surface area (Å²) in [6, 6.07) is -0.189. The summed E-state index contributed by atoms with van der Waals surface area (Å²) in [6.07, 6.45) is 3.48. The third kappa shape index (κ3) is 3.56. The fourth-order valence-corrected chi connectivity index (χ4v) is 2.33. The molecule has 0 bridgehead atoms. The zero-order chi connectivity index (χ0) is 13.8. The van der Waals surface area contributed by atoms with Gasteiger partial charge in [0.2, 0.25) is 11.8 Å². The third-order valence-electron chi connectivity index (χ3n) is 3.67. The maximum atomic E-state index is 12.2. The number of rotatable bonds is 4. The molecule has 1 amide bonds. The minimum absolute atomic E-state index is 0.180. The molecule has 5 heteroatoms. The molecule has 1 saturated heterocycles. The molecule has 5 nitrogen and oxygen atoms in total. The summed E-state index contributed by atoms with van der Waals surface area (Å²) in [5.74, 6) is 1.67. The van der Waals surface area contributed by atoms with Crippen molar-refractivity contribution in [2.24, 2.45) is 0 Å². The average molecular weight is 265 g/mol. The molecule has 1 aliphatic heterocycles. The van der Waals surface area contributed by atoms with Crippen molar-refractivity contribution in [2.45, 2.75) is 52.6 Å². The SMILES string of the molecule is Cc1nc(CNC(C)C(=O)N2CCCCC2)oc1C. The van der Waals surface area contributed by atoms with Crippen molar-refractivity contribution in [2.75, 3.05) is 13.1 Å². The smallest absolute Gasteiger partial charge is 0.239 e. The van der Waals surface area contributed by atoms with Gasteiger partial charge in [-0.25, -0.2) is 4.98 Å². The van der Waals surface area contributed by atoms with E-state index in [9.17, 15) is 4.79 Å². The molecule has 1 unspecified atom stereocenters. The van der Waals surface area contributed by atoms with Crippen molar-refractivity contribution in [1.29, 1.82) is 0 Å². The number of carbonyl (C=O) groups is 1. The van der Waals surface area contributed by atoms with E-state index in [2.05, 4.69) is 10.3 Å². The Bertz CT molecular complexity index is 416. The van der Waals surface area contributed by atoms with Gasteiger partial charge in [0.25, 0.3) is 0 Å². The second-order valence-electron chi connectivity index (χ2n) is 5.24. The molecule has 0 saturated carbocycles. The van der Waals surface area contributed by atoms with Gasteiger partial charge >= 0.3 is 0 Å². The number of carbonyl (C=O) groups excluding carboxylic acids is 1. The first-order valence-corrected chi connectivity index (χ1v) is 7.03. The molecule has 0 aromatic carbocycles. The van der Waals surface area contributed by atoms with Crippen molar-refractivity contribution >= 4 is 5.91 Å². The number of likely N-dealkylation sites (tertiary alicyclic amines) is 1. The van der Waals surface area contributed by atoms with Crippen LogP contribution >= 0.6 is 0 Å². The summed E-state index contributed by atoms with van der Waals surface area (Å²) in [5.41, 5.74) is 0.909. The highest BCUT2D eigenvalue weighted by molar-refractivity contribution is 5.81. The minimum Gasteiger partial charge on any atom is -0.444 e. The number of amides is 1. The first-order valence-electron chi connectivity index (χ1n) is 7.03. The lowest BCUT2D eigenvalue weighted by atomic mass is 10.1. The highest BCUT2D eigenvalue weighted by Gasteiger charge is 2.22. The van der Waals surface area contributed by atoms with Gasteiger partial charge in [-0.05, 0) is 40.0 Å². The molecule has 0 radical (unpaired) electrons. The minimum atomic E-state index is -0.189. The lowest BCUT2D eigenvalue weighted by molar-refractivity contribution is -0.134. The molecular formula is C14H23N3O2. The zero-order valence-electron chi connectivity index (χ0n) is 12.0. The maximum absolute atomic E-state index is 12.2. The standard InChI is InChI=1S/C14H23N3O2/c1-10-12(3)19-13(16-10)9-15-11(2)14(18)17-7-5-4-6-8-17/h11,15H,4-9H2,1-3H3. The molecule has 2 rings (SSSR count). The molecule has 1 fully saturated rings. The van der Waals surface area contributed by atoms with Crippen molar-refractivity contribution in [3.05, 3.63) is 17.3 Å². The van der Waals surface area contributed by atoms with Crippen molar-refractivity contribution in [3.8, 4) is 0 Å². The Labute approximate surface area is 114 Å². The van der Waals surface area contributed by atoms with Gasteiger partial charge in [0, 0.05) is 13.1 Å². The monoisotopic (exact) mass is 265 g/mol. The predicted octanol–water partition coefficient (Wildman–Crippen LogP) is 1.78. The fourth-order valence-electron chi connectivity index (χ4n) is 2.33. The van der Waals surface area contributed by atoms with Crippen LogP contribution in [0.25, 0.3) is 0 Å². The van der Waals surface area contributed by atoms with Crippen LogP contribution in [0.1, 0.15) is 43.5 Å². The maximum Gasteiger partial charge on any atom is 0.239 e. The van der Waals surface area contributed by atoms with E-state index in [1.54, 1.807) is 0 Å². The van der Waals surface area contributed by atoms with E-state index >= 15 is 0 Å². The van der Waals surface area contributed by atoms with E-state index in [0.29, 0.717) is 12.4 Å². The second kappa shape index (κ2) is 6.19. The van der Waals surface area contributed by atoms with Crippen molar-refractivity contribution in [1.82, 2.24) is 15.2 Å². The number of nitrogens with zero attached hydrogens (tertiary/aromatic N) is 2. The number of aryl methyl sites for hydroxylation is 2. The van der Waals surface area contributed by atoms with Gasteiger partial charge in [0.1, 0.15) is 5.76 Å². The van der Waals surface area contributed by atoms with Crippen molar-refractivity contribution < 1.29 is 9.21 Å². The Morgan fingerprint density at radius 2 is 2.05 bits per heavy atom. The predicted molar refractivity (Wildman–Crippen MR) is 72.7 cm³/mol. The Hall–Kier alpha value is -1.36. The van der Waals surface area contributed by atoms with E-state index in [1.807, 2.05) is 25.7 Å². The van der Waals surface area contributed by atoms with Crippen LogP contribution in [0.2, 0.25) is 0 Å². The van der Waals surface area contributed by atoms with Gasteiger partial charge < -0.3 is 9.32 Å². The molecule has 1 aromatic rings. The third-order valence-corrected chi connectivity index (χ3v) is 3.67. The van der Waals surface area contributed by atoms with Crippen LogP contribution in [0, 0.1) is 13.8 Å². The first kappa shape index (κ1) is 14.1. The Kier molecular flexibility index (Phi) is 4.58. The summed E-state index contributed by atoms with van der Waals surface area (Å²) in [4.78, 5) is 18.5. The number of piperidine rings is 1. The fraction of sp³-hybridized carbons (Fsp3) is 0.714. The van der Waals surface area contributed by atoms with Crippen LogP contribution in [0.15, 0.2) is 4.42 Å². The highest BCUT2D eigenvalue weighted by atomic mass is 16.4. The van der Waals surface area contributed by atoms with Gasteiger partial charge in [-0.15, -0.1) is 0 Å². The van der Waals surface area contributed by atoms with Gasteiger partial charge in [0.15, 0.2) is 0 Å². The van der Waals surface area contributed by atoms with Gasteiger partial charge in [-0.3, -0.25) is 10.1 Å². The molecule has 106 valence electrons. The molecule has 2 heterocycles. The first-order chi connectivity index (χ1) is 9.08. The number of nitrogens with one attached hydrogen (secondary N) is 1. The average Bonchev–Trinajstić information content (AvgIpc) is 2.75. The van der Waals surface area contributed by atoms with E-state index in [1.165, 1.54) is 6.42 Å². The second-order valence-corrected chi connectivity index (χ2v) is 5.24. The van der Waals surface area contributed by atoms with E-state index in [-0.39, 0.29) is 11.9 Å². The van der Waals surface area contributed by atoms with Crippen LogP contribution < -0.4 is 5.32 Å². The van der Waals surface area contributed by atoms with E-state index < -0.39 is 0 Å². The Morgan fingerprint density at radius 3 is 2.63 bits per heavy atom. The van der Waals surface area contributed by atoms with E-state index in [4.69, 9.17) is 4.42 Å². The molecule has 19 heavy (non-hydrogen) atoms. The summed E-state index contributed by atoms with van der Waals surface area (Å²) in [5, 5.41) is 3.19. The zero-order valence-corrected chi connectivity index (χ0v) is 12.0. The van der Waals surface area contributed by atoms with Crippen LogP contribution in [0.3, 0.4) is 0 Å². The number of aromatic nitrogens is 1. The molecule has 0 spiro atoms. The van der Waals surface area contributed by atoms with Gasteiger partial charge in [0.05, 0.1) is 18.3 Å². The lowest BCUT2D eigenvalue weighted by Gasteiger charge is -2.29. The normalized spacial score (nSPS) is 17.5. The van der Waals surface area contributed by atoms with Crippen LogP contribution in [0.5, 0.6) is 0 Å². The molecule has 1 N–H and O–H groups in total. The Morgan fingerprint density at radius 1 is 1.37 bits per heavy atom. The summed E-state index contributed by atoms with van der Waals surface area (Å²) < 4.78 is 5.49. The quantitative estimate of drug-likeness (QED) is 0.901.